The molecule has 68 valence electrons. The molecule has 0 spiro atoms. The zero-order valence-corrected chi connectivity index (χ0v) is 7.51. The SMILES string of the molecule is CCCCON([O-])CCCC. The number of hydroxylamine groups is 2. The maximum Gasteiger partial charge on any atom is 0.0673 e. The molecule has 0 saturated heterocycles. The first-order chi connectivity index (χ1) is 5.31. The highest BCUT2D eigenvalue weighted by Crippen LogP contribution is 1.95. The first-order valence-corrected chi connectivity index (χ1v) is 4.38. The number of hydrogen-bond donors (Lipinski definition) is 0. The van der Waals surface area contributed by atoms with Crippen molar-refractivity contribution in [2.24, 2.45) is 0 Å². The molecule has 0 rings (SSSR count). The molecule has 3 nitrogen and oxygen atoms in total. The molecule has 0 aliphatic heterocycles. The van der Waals surface area contributed by atoms with Gasteiger partial charge < -0.3 is 10.0 Å². The van der Waals surface area contributed by atoms with Crippen molar-refractivity contribution in [2.45, 2.75) is 39.5 Å². The van der Waals surface area contributed by atoms with Gasteiger partial charge in [-0.25, -0.2) is 0 Å². The maximum absolute atomic E-state index is 10.8. The van der Waals surface area contributed by atoms with Crippen LogP contribution in [0.4, 0.5) is 0 Å². The minimum Gasteiger partial charge on any atom is -0.762 e. The van der Waals surface area contributed by atoms with Crippen LogP contribution in [-0.4, -0.2) is 18.4 Å². The van der Waals surface area contributed by atoms with E-state index in [2.05, 4.69) is 13.8 Å². The molecule has 0 unspecified atom stereocenters. The molecule has 11 heavy (non-hydrogen) atoms. The lowest BCUT2D eigenvalue weighted by atomic mass is 10.3. The molecule has 0 bridgehead atoms. The molecule has 0 N–H and O–H groups in total. The Hall–Kier alpha value is -0.120. The first-order valence-electron chi connectivity index (χ1n) is 4.38. The van der Waals surface area contributed by atoms with Gasteiger partial charge in [-0.15, -0.1) is 0 Å². The molecule has 0 fully saturated rings. The van der Waals surface area contributed by atoms with Gasteiger partial charge in [-0.3, -0.25) is 5.23 Å². The van der Waals surface area contributed by atoms with Crippen LogP contribution in [0.1, 0.15) is 39.5 Å². The van der Waals surface area contributed by atoms with Crippen molar-refractivity contribution in [3.8, 4) is 0 Å². The predicted molar refractivity (Wildman–Crippen MR) is 45.8 cm³/mol. The van der Waals surface area contributed by atoms with E-state index in [0.29, 0.717) is 18.4 Å². The van der Waals surface area contributed by atoms with Crippen LogP contribution in [0, 0.1) is 5.21 Å². The van der Waals surface area contributed by atoms with E-state index in [-0.39, 0.29) is 0 Å². The highest BCUT2D eigenvalue weighted by molar-refractivity contribution is 4.43. The van der Waals surface area contributed by atoms with E-state index in [1.165, 1.54) is 0 Å². The second kappa shape index (κ2) is 7.98. The number of unbranched alkanes of at least 4 members (excludes halogenated alkanes) is 2. The molecular weight excluding hydrogens is 142 g/mol. The van der Waals surface area contributed by atoms with Crippen LogP contribution in [0.25, 0.3) is 0 Å². The van der Waals surface area contributed by atoms with Gasteiger partial charge in [0, 0.05) is 6.54 Å². The van der Waals surface area contributed by atoms with Gasteiger partial charge >= 0.3 is 0 Å². The fourth-order valence-corrected chi connectivity index (χ4v) is 0.662. The van der Waals surface area contributed by atoms with Crippen LogP contribution in [0.5, 0.6) is 0 Å². The first kappa shape index (κ1) is 10.9. The molecule has 0 radical (unpaired) electrons. The zero-order valence-electron chi connectivity index (χ0n) is 7.51. The van der Waals surface area contributed by atoms with Gasteiger partial charge in [0.2, 0.25) is 0 Å². The summed E-state index contributed by atoms with van der Waals surface area (Å²) in [6.45, 7) is 5.19. The lowest BCUT2D eigenvalue weighted by Gasteiger charge is -2.26. The smallest absolute Gasteiger partial charge is 0.0673 e. The van der Waals surface area contributed by atoms with Crippen molar-refractivity contribution in [1.29, 1.82) is 0 Å². The van der Waals surface area contributed by atoms with Crippen molar-refractivity contribution < 1.29 is 4.84 Å². The Labute approximate surface area is 68.9 Å². The Morgan fingerprint density at radius 2 is 1.82 bits per heavy atom. The van der Waals surface area contributed by atoms with Crippen molar-refractivity contribution in [1.82, 2.24) is 5.23 Å². The zero-order chi connectivity index (χ0) is 8.53. The van der Waals surface area contributed by atoms with E-state index in [9.17, 15) is 5.21 Å². The fraction of sp³-hybridized carbons (Fsp3) is 1.00. The summed E-state index contributed by atoms with van der Waals surface area (Å²) in [7, 11) is 0. The molecule has 3 heteroatoms. The van der Waals surface area contributed by atoms with Crippen LogP contribution in [0.2, 0.25) is 0 Å². The van der Waals surface area contributed by atoms with Gasteiger partial charge in [0.05, 0.1) is 6.61 Å². The summed E-state index contributed by atoms with van der Waals surface area (Å²) < 4.78 is 0. The molecule has 0 amide bonds. The van der Waals surface area contributed by atoms with Crippen molar-refractivity contribution in [3.63, 3.8) is 0 Å². The van der Waals surface area contributed by atoms with Crippen LogP contribution >= 0.6 is 0 Å². The minimum atomic E-state index is 0.500. The topological polar surface area (TPSA) is 35.5 Å². The lowest BCUT2D eigenvalue weighted by molar-refractivity contribution is -0.121. The van der Waals surface area contributed by atoms with Crippen LogP contribution in [-0.2, 0) is 4.84 Å². The molecule has 0 atom stereocenters. The summed E-state index contributed by atoms with van der Waals surface area (Å²) in [5.41, 5.74) is 0. The van der Waals surface area contributed by atoms with Crippen LogP contribution in [0.3, 0.4) is 0 Å². The summed E-state index contributed by atoms with van der Waals surface area (Å²) in [5, 5.41) is 11.5. The minimum absolute atomic E-state index is 0.500. The van der Waals surface area contributed by atoms with Crippen molar-refractivity contribution >= 4 is 0 Å². The summed E-state index contributed by atoms with van der Waals surface area (Å²) >= 11 is 0. The van der Waals surface area contributed by atoms with Crippen molar-refractivity contribution in [3.05, 3.63) is 5.21 Å². The molecule has 0 aromatic carbocycles. The van der Waals surface area contributed by atoms with Gasteiger partial charge in [0.25, 0.3) is 0 Å². The Bertz CT molecular complexity index is 78.5. The third-order valence-electron chi connectivity index (χ3n) is 1.43. The molecular formula is C8H18NO2-. The average Bonchev–Trinajstić information content (AvgIpc) is 2.01. The van der Waals surface area contributed by atoms with E-state index < -0.39 is 0 Å². The molecule has 0 saturated carbocycles. The van der Waals surface area contributed by atoms with E-state index in [0.717, 1.165) is 25.7 Å². The van der Waals surface area contributed by atoms with E-state index >= 15 is 0 Å². The number of rotatable bonds is 7. The lowest BCUT2D eigenvalue weighted by Crippen LogP contribution is -2.18. The standard InChI is InChI=1S/C8H18NO2/c1-3-5-7-9(10)11-8-6-4-2/h3-8H2,1-2H3/q-1. The van der Waals surface area contributed by atoms with Gasteiger partial charge in [0.1, 0.15) is 0 Å². The van der Waals surface area contributed by atoms with E-state index in [1.54, 1.807) is 0 Å². The third kappa shape index (κ3) is 7.78. The van der Waals surface area contributed by atoms with Gasteiger partial charge in [-0.05, 0) is 12.8 Å². The predicted octanol–water partition coefficient (Wildman–Crippen LogP) is 2.32. The number of nitrogens with zero attached hydrogens (tertiary/aromatic N) is 1. The summed E-state index contributed by atoms with van der Waals surface area (Å²) in [6.07, 6.45) is 3.98. The Morgan fingerprint density at radius 1 is 1.18 bits per heavy atom. The fourth-order valence-electron chi connectivity index (χ4n) is 0.662. The molecule has 0 aromatic rings. The Kier molecular flexibility index (Phi) is 7.89. The third-order valence-corrected chi connectivity index (χ3v) is 1.43. The quantitative estimate of drug-likeness (QED) is 0.423. The summed E-state index contributed by atoms with van der Waals surface area (Å²) in [5.74, 6) is 0. The highest BCUT2D eigenvalue weighted by Gasteiger charge is 1.89. The monoisotopic (exact) mass is 160 g/mol. The van der Waals surface area contributed by atoms with Crippen molar-refractivity contribution in [2.75, 3.05) is 13.2 Å². The van der Waals surface area contributed by atoms with E-state index in [4.69, 9.17) is 4.84 Å². The maximum atomic E-state index is 10.8. The second-order valence-electron chi connectivity index (χ2n) is 2.60. The van der Waals surface area contributed by atoms with Crippen LogP contribution < -0.4 is 0 Å². The Morgan fingerprint density at radius 3 is 2.36 bits per heavy atom. The largest absolute Gasteiger partial charge is 0.762 e. The van der Waals surface area contributed by atoms with Crippen LogP contribution in [0.15, 0.2) is 0 Å². The highest BCUT2D eigenvalue weighted by atomic mass is 16.9. The second-order valence-corrected chi connectivity index (χ2v) is 2.60. The summed E-state index contributed by atoms with van der Waals surface area (Å²) in [6, 6.07) is 0. The van der Waals surface area contributed by atoms with Gasteiger partial charge in [-0.2, -0.15) is 0 Å². The average molecular weight is 160 g/mol. The number of hydrogen-bond acceptors (Lipinski definition) is 3. The molecule has 0 aliphatic carbocycles. The molecule has 0 aromatic heterocycles. The van der Waals surface area contributed by atoms with Gasteiger partial charge in [0.15, 0.2) is 0 Å². The van der Waals surface area contributed by atoms with E-state index in [1.807, 2.05) is 0 Å². The molecule has 0 aliphatic rings. The summed E-state index contributed by atoms with van der Waals surface area (Å²) in [4.78, 5) is 4.86. The normalized spacial score (nSPS) is 10.9. The van der Waals surface area contributed by atoms with Gasteiger partial charge in [-0.1, -0.05) is 26.7 Å². The molecule has 0 heterocycles. The Balaban J connectivity index is 3.02.